The number of thiophene rings is 1. The van der Waals surface area contributed by atoms with Gasteiger partial charge in [-0.3, -0.25) is 9.59 Å². The zero-order valence-electron chi connectivity index (χ0n) is 12.4. The molecule has 0 saturated carbocycles. The Kier molecular flexibility index (Phi) is 4.39. The predicted molar refractivity (Wildman–Crippen MR) is 92.4 cm³/mol. The number of fused-ring (bicyclic) bond motifs is 1. The van der Waals surface area contributed by atoms with E-state index in [1.807, 2.05) is 60.7 Å². The zero-order chi connectivity index (χ0) is 16.2. The van der Waals surface area contributed by atoms with Crippen LogP contribution in [0.2, 0.25) is 0 Å². The molecule has 4 nitrogen and oxygen atoms in total. The molecule has 0 aliphatic rings. The molecule has 3 N–H and O–H groups in total. The van der Waals surface area contributed by atoms with Crippen LogP contribution in [-0.4, -0.2) is 17.9 Å². The molecular formula is C18H16N2O2S. The van der Waals surface area contributed by atoms with Crippen LogP contribution in [0.3, 0.4) is 0 Å². The minimum absolute atomic E-state index is 0.272. The third-order valence-electron chi connectivity index (χ3n) is 3.58. The molecule has 116 valence electrons. The number of nitrogens with one attached hydrogen (secondary N) is 1. The van der Waals surface area contributed by atoms with Crippen molar-refractivity contribution in [3.8, 4) is 0 Å². The Morgan fingerprint density at radius 3 is 2.43 bits per heavy atom. The van der Waals surface area contributed by atoms with Gasteiger partial charge in [0.25, 0.3) is 5.91 Å². The maximum Gasteiger partial charge on any atom is 0.262 e. The SMILES string of the molecule is NC(=O)[C@H](Cc1ccccc1)NC(=O)c1cc2ccccc2s1. The Hall–Kier alpha value is -2.66. The van der Waals surface area contributed by atoms with Crippen molar-refractivity contribution in [2.75, 3.05) is 0 Å². The molecule has 2 amide bonds. The van der Waals surface area contributed by atoms with E-state index in [2.05, 4.69) is 5.32 Å². The van der Waals surface area contributed by atoms with Crippen LogP contribution in [0.4, 0.5) is 0 Å². The van der Waals surface area contributed by atoms with Crippen LogP contribution < -0.4 is 11.1 Å². The van der Waals surface area contributed by atoms with E-state index in [-0.39, 0.29) is 5.91 Å². The van der Waals surface area contributed by atoms with Crippen LogP contribution >= 0.6 is 11.3 Å². The van der Waals surface area contributed by atoms with E-state index in [4.69, 9.17) is 5.73 Å². The highest BCUT2D eigenvalue weighted by Gasteiger charge is 2.20. The highest BCUT2D eigenvalue weighted by molar-refractivity contribution is 7.20. The number of carbonyl (C=O) groups is 2. The first kappa shape index (κ1) is 15.2. The monoisotopic (exact) mass is 324 g/mol. The first-order valence-electron chi connectivity index (χ1n) is 7.26. The van der Waals surface area contributed by atoms with Gasteiger partial charge in [-0.1, -0.05) is 48.5 Å². The Labute approximate surface area is 137 Å². The topological polar surface area (TPSA) is 72.2 Å². The van der Waals surface area contributed by atoms with E-state index in [9.17, 15) is 9.59 Å². The maximum absolute atomic E-state index is 12.4. The van der Waals surface area contributed by atoms with Crippen LogP contribution in [0, 0.1) is 0 Å². The summed E-state index contributed by atoms with van der Waals surface area (Å²) in [6.45, 7) is 0. The second-order valence-electron chi connectivity index (χ2n) is 5.27. The van der Waals surface area contributed by atoms with Gasteiger partial charge in [-0.05, 0) is 23.1 Å². The molecule has 5 heteroatoms. The van der Waals surface area contributed by atoms with Gasteiger partial charge in [0.15, 0.2) is 0 Å². The molecule has 3 aromatic rings. The van der Waals surface area contributed by atoms with E-state index < -0.39 is 11.9 Å². The van der Waals surface area contributed by atoms with Crippen LogP contribution in [0.1, 0.15) is 15.2 Å². The molecule has 2 aromatic carbocycles. The molecule has 0 bridgehead atoms. The third kappa shape index (κ3) is 3.57. The average molecular weight is 324 g/mol. The number of rotatable bonds is 5. The van der Waals surface area contributed by atoms with Gasteiger partial charge in [0.2, 0.25) is 5.91 Å². The first-order chi connectivity index (χ1) is 11.1. The highest BCUT2D eigenvalue weighted by atomic mass is 32.1. The van der Waals surface area contributed by atoms with Gasteiger partial charge in [-0.15, -0.1) is 11.3 Å². The number of nitrogens with two attached hydrogens (primary N) is 1. The number of hydrogen-bond acceptors (Lipinski definition) is 3. The summed E-state index contributed by atoms with van der Waals surface area (Å²) in [6.07, 6.45) is 0.382. The van der Waals surface area contributed by atoms with Crippen LogP contribution in [0.5, 0.6) is 0 Å². The predicted octanol–water partition coefficient (Wildman–Crippen LogP) is 2.73. The first-order valence-corrected chi connectivity index (χ1v) is 8.08. The van der Waals surface area contributed by atoms with Crippen molar-refractivity contribution in [1.82, 2.24) is 5.32 Å². The summed E-state index contributed by atoms with van der Waals surface area (Å²) in [6, 6.07) is 18.4. The van der Waals surface area contributed by atoms with Crippen LogP contribution in [-0.2, 0) is 11.2 Å². The summed E-state index contributed by atoms with van der Waals surface area (Å²) in [7, 11) is 0. The second-order valence-corrected chi connectivity index (χ2v) is 6.35. The lowest BCUT2D eigenvalue weighted by atomic mass is 10.1. The lowest BCUT2D eigenvalue weighted by Gasteiger charge is -2.15. The molecule has 23 heavy (non-hydrogen) atoms. The van der Waals surface area contributed by atoms with Crippen molar-refractivity contribution in [3.05, 3.63) is 71.1 Å². The summed E-state index contributed by atoms with van der Waals surface area (Å²) in [5.74, 6) is -0.811. The van der Waals surface area contributed by atoms with Crippen molar-refractivity contribution in [1.29, 1.82) is 0 Å². The van der Waals surface area contributed by atoms with Gasteiger partial charge < -0.3 is 11.1 Å². The summed E-state index contributed by atoms with van der Waals surface area (Å²) in [5.41, 5.74) is 6.39. The largest absolute Gasteiger partial charge is 0.368 e. The van der Waals surface area contributed by atoms with E-state index >= 15 is 0 Å². The molecule has 1 heterocycles. The second kappa shape index (κ2) is 6.62. The Morgan fingerprint density at radius 1 is 1.04 bits per heavy atom. The quantitative estimate of drug-likeness (QED) is 0.757. The normalized spacial score (nSPS) is 12.0. The fourth-order valence-corrected chi connectivity index (χ4v) is 3.36. The smallest absolute Gasteiger partial charge is 0.262 e. The van der Waals surface area contributed by atoms with E-state index in [0.29, 0.717) is 11.3 Å². The molecule has 0 aliphatic heterocycles. The summed E-state index contributed by atoms with van der Waals surface area (Å²) >= 11 is 1.40. The van der Waals surface area contributed by atoms with Crippen molar-refractivity contribution in [2.24, 2.45) is 5.73 Å². The Balaban J connectivity index is 1.76. The van der Waals surface area contributed by atoms with Crippen LogP contribution in [0.25, 0.3) is 10.1 Å². The lowest BCUT2D eigenvalue weighted by Crippen LogP contribution is -2.45. The maximum atomic E-state index is 12.4. The van der Waals surface area contributed by atoms with Gasteiger partial charge in [0.05, 0.1) is 4.88 Å². The third-order valence-corrected chi connectivity index (χ3v) is 4.70. The molecule has 3 rings (SSSR count). The fraction of sp³-hybridized carbons (Fsp3) is 0.111. The average Bonchev–Trinajstić information content (AvgIpc) is 2.99. The summed E-state index contributed by atoms with van der Waals surface area (Å²) in [4.78, 5) is 24.6. The Morgan fingerprint density at radius 2 is 1.74 bits per heavy atom. The summed E-state index contributed by atoms with van der Waals surface area (Å²) in [5, 5.41) is 3.75. The fourth-order valence-electron chi connectivity index (χ4n) is 2.40. The zero-order valence-corrected chi connectivity index (χ0v) is 13.2. The number of benzene rings is 2. The van der Waals surface area contributed by atoms with Crippen molar-refractivity contribution in [2.45, 2.75) is 12.5 Å². The van der Waals surface area contributed by atoms with Gasteiger partial charge >= 0.3 is 0 Å². The van der Waals surface area contributed by atoms with Gasteiger partial charge in [-0.2, -0.15) is 0 Å². The lowest BCUT2D eigenvalue weighted by molar-refractivity contribution is -0.119. The molecule has 0 aliphatic carbocycles. The summed E-state index contributed by atoms with van der Waals surface area (Å²) < 4.78 is 1.04. The minimum Gasteiger partial charge on any atom is -0.368 e. The molecule has 0 spiro atoms. The van der Waals surface area contributed by atoms with E-state index in [0.717, 1.165) is 15.6 Å². The number of carbonyl (C=O) groups excluding carboxylic acids is 2. The number of primary amides is 1. The van der Waals surface area contributed by atoms with Crippen molar-refractivity contribution < 1.29 is 9.59 Å². The van der Waals surface area contributed by atoms with Gasteiger partial charge in [0.1, 0.15) is 6.04 Å². The molecule has 1 aromatic heterocycles. The Bertz CT molecular complexity index is 809. The van der Waals surface area contributed by atoms with Crippen molar-refractivity contribution in [3.63, 3.8) is 0 Å². The molecule has 0 saturated heterocycles. The van der Waals surface area contributed by atoms with Gasteiger partial charge in [0, 0.05) is 11.1 Å². The highest BCUT2D eigenvalue weighted by Crippen LogP contribution is 2.25. The number of hydrogen-bond donors (Lipinski definition) is 2. The number of amides is 2. The molecular weight excluding hydrogens is 308 g/mol. The molecule has 1 atom stereocenters. The molecule has 0 unspecified atom stereocenters. The van der Waals surface area contributed by atoms with Gasteiger partial charge in [-0.25, -0.2) is 0 Å². The standard InChI is InChI=1S/C18H16N2O2S/c19-17(21)14(10-12-6-2-1-3-7-12)20-18(22)16-11-13-8-4-5-9-15(13)23-16/h1-9,11,14H,10H2,(H2,19,21)(H,20,22)/t14-/m0/s1. The van der Waals surface area contributed by atoms with E-state index in [1.165, 1.54) is 11.3 Å². The van der Waals surface area contributed by atoms with E-state index in [1.54, 1.807) is 0 Å². The van der Waals surface area contributed by atoms with Crippen LogP contribution in [0.15, 0.2) is 60.7 Å². The molecule has 0 fully saturated rings. The molecule has 0 radical (unpaired) electrons. The van der Waals surface area contributed by atoms with Crippen molar-refractivity contribution >= 4 is 33.2 Å². The minimum atomic E-state index is -0.727.